The predicted molar refractivity (Wildman–Crippen MR) is 92.8 cm³/mol. The summed E-state index contributed by atoms with van der Waals surface area (Å²) in [5, 5.41) is 0. The van der Waals surface area contributed by atoms with Crippen molar-refractivity contribution in [3.05, 3.63) is 24.2 Å². The standard InChI is InChI=1S/C18H23N5O2/c1-12(24)23-10-6-14(11-23)18(25)22-8-4-13(5-9-22)16-20-15-3-2-7-19-17(15)21-16/h2-3,7,13-14H,4-6,8-11H2,1H3,(H,19,20,21). The number of piperidine rings is 1. The second-order valence-corrected chi connectivity index (χ2v) is 7.05. The highest BCUT2D eigenvalue weighted by Gasteiger charge is 2.34. The molecule has 0 aromatic carbocycles. The number of nitrogens with zero attached hydrogens (tertiary/aromatic N) is 4. The minimum atomic E-state index is -0.0316. The fourth-order valence-electron chi connectivity index (χ4n) is 3.94. The van der Waals surface area contributed by atoms with Crippen molar-refractivity contribution in [3.63, 3.8) is 0 Å². The molecule has 2 fully saturated rings. The molecule has 0 radical (unpaired) electrons. The average Bonchev–Trinajstić information content (AvgIpc) is 3.28. The lowest BCUT2D eigenvalue weighted by molar-refractivity contribution is -0.136. The van der Waals surface area contributed by atoms with E-state index in [1.165, 1.54) is 0 Å². The monoisotopic (exact) mass is 341 g/mol. The minimum Gasteiger partial charge on any atom is -0.342 e. The summed E-state index contributed by atoms with van der Waals surface area (Å²) in [6.07, 6.45) is 4.36. The Morgan fingerprint density at radius 1 is 1.16 bits per heavy atom. The summed E-state index contributed by atoms with van der Waals surface area (Å²) >= 11 is 0. The third kappa shape index (κ3) is 3.10. The van der Waals surface area contributed by atoms with Crippen molar-refractivity contribution in [2.75, 3.05) is 26.2 Å². The quantitative estimate of drug-likeness (QED) is 0.898. The third-order valence-corrected chi connectivity index (χ3v) is 5.45. The van der Waals surface area contributed by atoms with Gasteiger partial charge >= 0.3 is 0 Å². The third-order valence-electron chi connectivity index (χ3n) is 5.45. The van der Waals surface area contributed by atoms with E-state index in [9.17, 15) is 9.59 Å². The molecule has 1 N–H and O–H groups in total. The molecule has 1 atom stereocenters. The van der Waals surface area contributed by atoms with Crippen molar-refractivity contribution in [2.24, 2.45) is 5.92 Å². The number of H-pyrrole nitrogens is 1. The van der Waals surface area contributed by atoms with E-state index in [0.717, 1.165) is 49.3 Å². The van der Waals surface area contributed by atoms with Gasteiger partial charge in [0.05, 0.1) is 11.4 Å². The van der Waals surface area contributed by atoms with E-state index in [4.69, 9.17) is 0 Å². The maximum Gasteiger partial charge on any atom is 0.227 e. The molecule has 7 nitrogen and oxygen atoms in total. The van der Waals surface area contributed by atoms with Crippen molar-refractivity contribution in [3.8, 4) is 0 Å². The topological polar surface area (TPSA) is 82.2 Å². The van der Waals surface area contributed by atoms with Crippen LogP contribution in [0.3, 0.4) is 0 Å². The van der Waals surface area contributed by atoms with Gasteiger partial charge in [-0.3, -0.25) is 9.59 Å². The minimum absolute atomic E-state index is 0.0316. The van der Waals surface area contributed by atoms with E-state index in [-0.39, 0.29) is 17.7 Å². The maximum absolute atomic E-state index is 12.7. The van der Waals surface area contributed by atoms with Crippen LogP contribution in [0.15, 0.2) is 18.3 Å². The molecule has 2 aliphatic heterocycles. The van der Waals surface area contributed by atoms with E-state index in [0.29, 0.717) is 19.0 Å². The number of hydrogen-bond donors (Lipinski definition) is 1. The van der Waals surface area contributed by atoms with Crippen molar-refractivity contribution < 1.29 is 9.59 Å². The molecule has 0 bridgehead atoms. The number of aromatic nitrogens is 3. The number of hydrogen-bond acceptors (Lipinski definition) is 4. The second-order valence-electron chi connectivity index (χ2n) is 7.05. The molecule has 4 rings (SSSR count). The van der Waals surface area contributed by atoms with Gasteiger partial charge in [-0.25, -0.2) is 9.97 Å². The Morgan fingerprint density at radius 3 is 2.60 bits per heavy atom. The number of amides is 2. The summed E-state index contributed by atoms with van der Waals surface area (Å²) in [5.41, 5.74) is 1.72. The summed E-state index contributed by atoms with van der Waals surface area (Å²) in [6.45, 7) is 4.35. The van der Waals surface area contributed by atoms with Gasteiger partial charge in [-0.1, -0.05) is 0 Å². The highest BCUT2D eigenvalue weighted by atomic mass is 16.2. The van der Waals surface area contributed by atoms with Gasteiger partial charge in [0.1, 0.15) is 5.82 Å². The van der Waals surface area contributed by atoms with Crippen molar-refractivity contribution in [2.45, 2.75) is 32.1 Å². The Balaban J connectivity index is 1.36. The zero-order valence-corrected chi connectivity index (χ0v) is 14.4. The van der Waals surface area contributed by atoms with Gasteiger partial charge < -0.3 is 14.8 Å². The fraction of sp³-hybridized carbons (Fsp3) is 0.556. The predicted octanol–water partition coefficient (Wildman–Crippen LogP) is 1.53. The summed E-state index contributed by atoms with van der Waals surface area (Å²) < 4.78 is 0. The smallest absolute Gasteiger partial charge is 0.227 e. The Morgan fingerprint density at radius 2 is 1.92 bits per heavy atom. The van der Waals surface area contributed by atoms with Gasteiger partial charge in [-0.05, 0) is 31.4 Å². The molecule has 1 unspecified atom stereocenters. The summed E-state index contributed by atoms with van der Waals surface area (Å²) in [7, 11) is 0. The molecule has 25 heavy (non-hydrogen) atoms. The van der Waals surface area contributed by atoms with Crippen LogP contribution in [-0.4, -0.2) is 62.7 Å². The fourth-order valence-corrected chi connectivity index (χ4v) is 3.94. The van der Waals surface area contributed by atoms with Crippen LogP contribution < -0.4 is 0 Å². The SMILES string of the molecule is CC(=O)N1CCC(C(=O)N2CCC(c3nc4ncccc4[nH]3)CC2)C1. The normalized spacial score (nSPS) is 21.9. The van der Waals surface area contributed by atoms with Crippen LogP contribution in [0.5, 0.6) is 0 Å². The van der Waals surface area contributed by atoms with Gasteiger partial charge in [0, 0.05) is 45.2 Å². The van der Waals surface area contributed by atoms with Crippen molar-refractivity contribution in [1.82, 2.24) is 24.8 Å². The number of pyridine rings is 1. The molecular formula is C18H23N5O2. The number of aromatic amines is 1. The molecule has 2 saturated heterocycles. The van der Waals surface area contributed by atoms with Crippen LogP contribution in [0.1, 0.15) is 37.9 Å². The van der Waals surface area contributed by atoms with Crippen molar-refractivity contribution in [1.29, 1.82) is 0 Å². The zero-order valence-electron chi connectivity index (χ0n) is 14.4. The molecule has 2 amide bonds. The first kappa shape index (κ1) is 16.1. The maximum atomic E-state index is 12.7. The summed E-state index contributed by atoms with van der Waals surface area (Å²) in [4.78, 5) is 40.1. The molecule has 2 aliphatic rings. The average molecular weight is 341 g/mol. The Labute approximate surface area is 146 Å². The highest BCUT2D eigenvalue weighted by Crippen LogP contribution is 2.29. The Bertz CT molecular complexity index is 761. The van der Waals surface area contributed by atoms with Crippen LogP contribution in [0.2, 0.25) is 0 Å². The van der Waals surface area contributed by atoms with Gasteiger partial charge in [0.15, 0.2) is 5.65 Å². The second kappa shape index (κ2) is 6.46. The lowest BCUT2D eigenvalue weighted by Crippen LogP contribution is -2.42. The summed E-state index contributed by atoms with van der Waals surface area (Å²) in [6, 6.07) is 3.88. The number of imidazole rings is 1. The molecule has 132 valence electrons. The first-order chi connectivity index (χ1) is 12.1. The van der Waals surface area contributed by atoms with Crippen molar-refractivity contribution >= 4 is 23.0 Å². The molecule has 0 aliphatic carbocycles. The van der Waals surface area contributed by atoms with Crippen LogP contribution in [-0.2, 0) is 9.59 Å². The van der Waals surface area contributed by atoms with Crippen LogP contribution in [0, 0.1) is 5.92 Å². The van der Waals surface area contributed by atoms with Gasteiger partial charge in [-0.15, -0.1) is 0 Å². The molecular weight excluding hydrogens is 318 g/mol. The van der Waals surface area contributed by atoms with Gasteiger partial charge in [-0.2, -0.15) is 0 Å². The molecule has 0 spiro atoms. The lowest BCUT2D eigenvalue weighted by atomic mass is 9.95. The molecule has 7 heteroatoms. The Kier molecular flexibility index (Phi) is 4.15. The van der Waals surface area contributed by atoms with Crippen LogP contribution in [0.25, 0.3) is 11.2 Å². The van der Waals surface area contributed by atoms with E-state index in [1.54, 1.807) is 18.0 Å². The number of rotatable bonds is 2. The van der Waals surface area contributed by atoms with Crippen LogP contribution >= 0.6 is 0 Å². The van der Waals surface area contributed by atoms with Crippen LogP contribution in [0.4, 0.5) is 0 Å². The van der Waals surface area contributed by atoms with E-state index >= 15 is 0 Å². The number of nitrogens with one attached hydrogen (secondary N) is 1. The molecule has 2 aromatic heterocycles. The highest BCUT2D eigenvalue weighted by molar-refractivity contribution is 5.81. The molecule has 4 heterocycles. The van der Waals surface area contributed by atoms with E-state index in [1.807, 2.05) is 17.0 Å². The van der Waals surface area contributed by atoms with E-state index < -0.39 is 0 Å². The summed E-state index contributed by atoms with van der Waals surface area (Å²) in [5.74, 6) is 1.55. The number of fused-ring (bicyclic) bond motifs is 1. The largest absolute Gasteiger partial charge is 0.342 e. The van der Waals surface area contributed by atoms with Gasteiger partial charge in [0.25, 0.3) is 0 Å². The number of likely N-dealkylation sites (tertiary alicyclic amines) is 2. The first-order valence-electron chi connectivity index (χ1n) is 8.97. The zero-order chi connectivity index (χ0) is 17.4. The lowest BCUT2D eigenvalue weighted by Gasteiger charge is -2.32. The molecule has 0 saturated carbocycles. The number of carbonyl (C=O) groups is 2. The number of carbonyl (C=O) groups excluding carboxylic acids is 2. The van der Waals surface area contributed by atoms with E-state index in [2.05, 4.69) is 15.0 Å². The van der Waals surface area contributed by atoms with Gasteiger partial charge in [0.2, 0.25) is 11.8 Å². The molecule has 2 aromatic rings. The first-order valence-corrected chi connectivity index (χ1v) is 8.97. The Hall–Kier alpha value is -2.44.